The van der Waals surface area contributed by atoms with Crippen LogP contribution in [0.2, 0.25) is 0 Å². The largest absolute Gasteiger partial charge is 0.491 e. The van der Waals surface area contributed by atoms with Gasteiger partial charge in [0.1, 0.15) is 30.1 Å². The van der Waals surface area contributed by atoms with E-state index in [1.54, 1.807) is 24.3 Å². The topological polar surface area (TPSA) is 21.7 Å². The molecule has 2 aromatic rings. The van der Waals surface area contributed by atoms with Crippen LogP contribution in [0.25, 0.3) is 0 Å². The van der Waals surface area contributed by atoms with Gasteiger partial charge in [0.2, 0.25) is 0 Å². The lowest BCUT2D eigenvalue weighted by molar-refractivity contribution is -0.0504. The summed E-state index contributed by atoms with van der Waals surface area (Å²) >= 11 is 0. The van der Waals surface area contributed by atoms with Gasteiger partial charge < -0.3 is 9.47 Å². The van der Waals surface area contributed by atoms with Crippen LogP contribution < -0.4 is 4.74 Å². The third-order valence-corrected chi connectivity index (χ3v) is 3.79. The fourth-order valence-corrected chi connectivity index (χ4v) is 2.59. The van der Waals surface area contributed by atoms with Crippen molar-refractivity contribution in [2.24, 2.45) is 0 Å². The zero-order chi connectivity index (χ0) is 16.1. The van der Waals surface area contributed by atoms with E-state index in [0.29, 0.717) is 19.0 Å². The molecule has 0 N–H and O–H groups in total. The van der Waals surface area contributed by atoms with Gasteiger partial charge in [-0.05, 0) is 42.0 Å². The van der Waals surface area contributed by atoms with Crippen LogP contribution >= 0.6 is 0 Å². The highest BCUT2D eigenvalue weighted by molar-refractivity contribution is 5.22. The number of ether oxygens (including phenoxy) is 2. The Bertz CT molecular complexity index is 616. The molecule has 1 saturated heterocycles. The molecule has 1 unspecified atom stereocenters. The molecule has 5 heteroatoms. The minimum absolute atomic E-state index is 0.0331. The third-order valence-electron chi connectivity index (χ3n) is 3.79. The van der Waals surface area contributed by atoms with E-state index in [2.05, 4.69) is 4.90 Å². The number of nitrogens with zero attached hydrogens (tertiary/aromatic N) is 1. The maximum Gasteiger partial charge on any atom is 0.123 e. The summed E-state index contributed by atoms with van der Waals surface area (Å²) in [5.41, 5.74) is 1.08. The van der Waals surface area contributed by atoms with Crippen LogP contribution in [-0.2, 0) is 11.3 Å². The molecule has 1 heterocycles. The summed E-state index contributed by atoms with van der Waals surface area (Å²) in [5.74, 6) is 0.128. The number of morpholine rings is 1. The Morgan fingerprint density at radius 2 is 1.65 bits per heavy atom. The Balaban J connectivity index is 1.49. The number of hydrogen-bond acceptors (Lipinski definition) is 3. The Kier molecular flexibility index (Phi) is 5.20. The van der Waals surface area contributed by atoms with Crippen molar-refractivity contribution < 1.29 is 18.3 Å². The molecule has 0 spiro atoms. The third kappa shape index (κ3) is 4.74. The average molecular weight is 319 g/mol. The molecular weight excluding hydrogens is 300 g/mol. The zero-order valence-corrected chi connectivity index (χ0v) is 12.8. The van der Waals surface area contributed by atoms with Crippen molar-refractivity contribution in [3.05, 3.63) is 65.7 Å². The van der Waals surface area contributed by atoms with E-state index in [4.69, 9.17) is 9.47 Å². The fourth-order valence-electron chi connectivity index (χ4n) is 2.59. The van der Waals surface area contributed by atoms with E-state index in [0.717, 1.165) is 25.2 Å². The Labute approximate surface area is 134 Å². The first-order valence-corrected chi connectivity index (χ1v) is 7.66. The normalized spacial score (nSPS) is 18.8. The van der Waals surface area contributed by atoms with Crippen molar-refractivity contribution in [2.75, 3.05) is 26.3 Å². The number of hydrogen-bond donors (Lipinski definition) is 0. The molecule has 3 nitrogen and oxygen atoms in total. The predicted octanol–water partition coefficient (Wildman–Crippen LogP) is 3.24. The SMILES string of the molecule is Fc1ccc(CN2CCOC(COc3ccc(F)cc3)C2)cc1. The molecule has 0 saturated carbocycles. The van der Waals surface area contributed by atoms with E-state index < -0.39 is 0 Å². The van der Waals surface area contributed by atoms with Gasteiger partial charge in [-0.25, -0.2) is 8.78 Å². The van der Waals surface area contributed by atoms with Crippen LogP contribution in [0.15, 0.2) is 48.5 Å². The van der Waals surface area contributed by atoms with Crippen molar-refractivity contribution in [3.63, 3.8) is 0 Å². The van der Waals surface area contributed by atoms with Gasteiger partial charge in [0.15, 0.2) is 0 Å². The van der Waals surface area contributed by atoms with Crippen molar-refractivity contribution in [3.8, 4) is 5.75 Å². The zero-order valence-electron chi connectivity index (χ0n) is 12.8. The quantitative estimate of drug-likeness (QED) is 0.844. The summed E-state index contributed by atoms with van der Waals surface area (Å²) in [6.45, 7) is 3.41. The first kappa shape index (κ1) is 15.9. The lowest BCUT2D eigenvalue weighted by Crippen LogP contribution is -2.44. The molecule has 0 aliphatic carbocycles. The Morgan fingerprint density at radius 1 is 1.00 bits per heavy atom. The molecule has 23 heavy (non-hydrogen) atoms. The van der Waals surface area contributed by atoms with Crippen molar-refractivity contribution in [2.45, 2.75) is 12.6 Å². The average Bonchev–Trinajstić information content (AvgIpc) is 2.57. The highest BCUT2D eigenvalue weighted by atomic mass is 19.1. The predicted molar refractivity (Wildman–Crippen MR) is 83.3 cm³/mol. The molecule has 1 aliphatic rings. The Hall–Kier alpha value is -1.98. The van der Waals surface area contributed by atoms with E-state index in [9.17, 15) is 8.78 Å². The first-order chi connectivity index (χ1) is 11.2. The van der Waals surface area contributed by atoms with Gasteiger partial charge in [0.25, 0.3) is 0 Å². The monoisotopic (exact) mass is 319 g/mol. The molecule has 1 fully saturated rings. The van der Waals surface area contributed by atoms with Crippen LogP contribution in [-0.4, -0.2) is 37.3 Å². The van der Waals surface area contributed by atoms with Crippen LogP contribution in [0, 0.1) is 11.6 Å². The van der Waals surface area contributed by atoms with E-state index in [1.165, 1.54) is 24.3 Å². The summed E-state index contributed by atoms with van der Waals surface area (Å²) in [7, 11) is 0. The lowest BCUT2D eigenvalue weighted by atomic mass is 10.2. The second kappa shape index (κ2) is 7.53. The van der Waals surface area contributed by atoms with Gasteiger partial charge in [0, 0.05) is 19.6 Å². The van der Waals surface area contributed by atoms with Crippen molar-refractivity contribution in [1.29, 1.82) is 0 Å². The minimum atomic E-state index is -0.281. The smallest absolute Gasteiger partial charge is 0.123 e. The standard InChI is InChI=1S/C18H19F2NO2/c19-15-3-1-14(2-4-15)11-21-9-10-22-18(12-21)13-23-17-7-5-16(20)6-8-17/h1-8,18H,9-13H2. The second-order valence-electron chi connectivity index (χ2n) is 5.62. The second-order valence-corrected chi connectivity index (χ2v) is 5.62. The molecule has 2 aromatic carbocycles. The molecule has 122 valence electrons. The van der Waals surface area contributed by atoms with E-state index >= 15 is 0 Å². The minimum Gasteiger partial charge on any atom is -0.491 e. The van der Waals surface area contributed by atoms with E-state index in [1.807, 2.05) is 0 Å². The Morgan fingerprint density at radius 3 is 2.35 bits per heavy atom. The van der Waals surface area contributed by atoms with Gasteiger partial charge in [-0.2, -0.15) is 0 Å². The van der Waals surface area contributed by atoms with Crippen LogP contribution in [0.4, 0.5) is 8.78 Å². The molecule has 0 amide bonds. The molecule has 3 rings (SSSR count). The maximum atomic E-state index is 12.9. The van der Waals surface area contributed by atoms with Crippen LogP contribution in [0.5, 0.6) is 5.75 Å². The number of benzene rings is 2. The molecule has 0 aromatic heterocycles. The van der Waals surface area contributed by atoms with Gasteiger partial charge >= 0.3 is 0 Å². The van der Waals surface area contributed by atoms with Gasteiger partial charge in [-0.3, -0.25) is 4.90 Å². The van der Waals surface area contributed by atoms with Crippen LogP contribution in [0.3, 0.4) is 0 Å². The number of rotatable bonds is 5. The molecular formula is C18H19F2NO2. The lowest BCUT2D eigenvalue weighted by Gasteiger charge is -2.32. The molecule has 0 radical (unpaired) electrons. The van der Waals surface area contributed by atoms with Crippen molar-refractivity contribution in [1.82, 2.24) is 4.90 Å². The highest BCUT2D eigenvalue weighted by Crippen LogP contribution is 2.15. The summed E-state index contributed by atoms with van der Waals surface area (Å²) in [4.78, 5) is 2.26. The summed E-state index contributed by atoms with van der Waals surface area (Å²) in [6.07, 6.45) is -0.0331. The fraction of sp³-hybridized carbons (Fsp3) is 0.333. The summed E-state index contributed by atoms with van der Waals surface area (Å²) in [6, 6.07) is 12.5. The van der Waals surface area contributed by atoms with E-state index in [-0.39, 0.29) is 17.7 Å². The molecule has 1 aliphatic heterocycles. The highest BCUT2D eigenvalue weighted by Gasteiger charge is 2.21. The number of halogens is 2. The summed E-state index contributed by atoms with van der Waals surface area (Å²) < 4.78 is 37.2. The van der Waals surface area contributed by atoms with Gasteiger partial charge in [-0.15, -0.1) is 0 Å². The first-order valence-electron chi connectivity index (χ1n) is 7.66. The maximum absolute atomic E-state index is 12.9. The summed E-state index contributed by atoms with van der Waals surface area (Å²) in [5, 5.41) is 0. The molecule has 1 atom stereocenters. The van der Waals surface area contributed by atoms with Gasteiger partial charge in [0.05, 0.1) is 6.61 Å². The van der Waals surface area contributed by atoms with Crippen molar-refractivity contribution >= 4 is 0 Å². The van der Waals surface area contributed by atoms with Crippen LogP contribution in [0.1, 0.15) is 5.56 Å². The molecule has 0 bridgehead atoms. The van der Waals surface area contributed by atoms with Gasteiger partial charge in [-0.1, -0.05) is 12.1 Å².